The van der Waals surface area contributed by atoms with Crippen molar-refractivity contribution in [2.75, 3.05) is 6.54 Å². The largest absolute Gasteiger partial charge is 0.338 e. The number of amides is 1. The number of aromatic amines is 1. The fraction of sp³-hybridized carbons (Fsp3) is 0.421. The average Bonchev–Trinajstić information content (AvgIpc) is 3.27. The van der Waals surface area contributed by atoms with E-state index in [0.29, 0.717) is 30.5 Å². The van der Waals surface area contributed by atoms with Gasteiger partial charge in [-0.25, -0.2) is 0 Å². The predicted molar refractivity (Wildman–Crippen MR) is 98.8 cm³/mol. The van der Waals surface area contributed by atoms with Gasteiger partial charge in [-0.1, -0.05) is 12.1 Å². The molecule has 1 amide bonds. The number of fused-ring (bicyclic) bond motifs is 1. The Kier molecular flexibility index (Phi) is 4.25. The van der Waals surface area contributed by atoms with Gasteiger partial charge in [-0.05, 0) is 37.8 Å². The summed E-state index contributed by atoms with van der Waals surface area (Å²) in [4.78, 5) is 22.6. The molecule has 1 aliphatic rings. The van der Waals surface area contributed by atoms with E-state index in [1.54, 1.807) is 6.92 Å². The number of carbonyl (C=O) groups excluding carboxylic acids is 1. The zero-order valence-corrected chi connectivity index (χ0v) is 16.0. The Balaban J connectivity index is 1.75. The molecule has 4 heterocycles. The molecule has 3 aromatic rings. The average molecular weight is 366 g/mol. The fourth-order valence-electron chi connectivity index (χ4n) is 3.62. The zero-order valence-electron chi connectivity index (χ0n) is 16.0. The van der Waals surface area contributed by atoms with E-state index in [1.165, 1.54) is 0 Å². The zero-order chi connectivity index (χ0) is 19.1. The monoisotopic (exact) mass is 366 g/mol. The van der Waals surface area contributed by atoms with Gasteiger partial charge in [-0.15, -0.1) is 0 Å². The van der Waals surface area contributed by atoms with Crippen molar-refractivity contribution in [3.63, 3.8) is 0 Å². The van der Waals surface area contributed by atoms with Gasteiger partial charge in [0, 0.05) is 48.7 Å². The summed E-state index contributed by atoms with van der Waals surface area (Å²) in [6.07, 6.45) is 3.45. The van der Waals surface area contributed by atoms with Crippen LogP contribution in [0.5, 0.6) is 0 Å². The number of aromatic nitrogens is 5. The van der Waals surface area contributed by atoms with Gasteiger partial charge >= 0.3 is 0 Å². The number of carbonyl (C=O) groups is 1. The van der Waals surface area contributed by atoms with Crippen LogP contribution in [0.4, 0.5) is 0 Å². The van der Waals surface area contributed by atoms with Gasteiger partial charge in [-0.3, -0.25) is 14.9 Å². The molecule has 1 N–H and O–H groups in total. The smallest absolute Gasteiger partial charge is 0.279 e. The number of pyridine rings is 1. The van der Waals surface area contributed by atoms with Gasteiger partial charge in [0.15, 0.2) is 5.69 Å². The number of aryl methyl sites for hydroxylation is 2. The standard InChI is InChI=1S/C19H22N6O2/c1-5-15-10(2)17(23-22-15)19-21-18(24-27-19)16-11(3)20-8-13-9-25(12(4)26)7-6-14(13)16/h8H,5-7,9H2,1-4H3,(H,22,23). The summed E-state index contributed by atoms with van der Waals surface area (Å²) >= 11 is 0. The first-order chi connectivity index (χ1) is 13.0. The van der Waals surface area contributed by atoms with E-state index in [-0.39, 0.29) is 5.91 Å². The van der Waals surface area contributed by atoms with Crippen molar-refractivity contribution in [1.82, 2.24) is 30.2 Å². The maximum atomic E-state index is 11.7. The summed E-state index contributed by atoms with van der Waals surface area (Å²) in [5, 5.41) is 11.5. The van der Waals surface area contributed by atoms with Crippen molar-refractivity contribution in [3.05, 3.63) is 34.3 Å². The molecule has 0 spiro atoms. The molecule has 0 radical (unpaired) electrons. The molecule has 27 heavy (non-hydrogen) atoms. The second kappa shape index (κ2) is 6.61. The molecular formula is C19H22N6O2. The first-order valence-electron chi connectivity index (χ1n) is 9.10. The molecular weight excluding hydrogens is 344 g/mol. The van der Waals surface area contributed by atoms with Gasteiger partial charge in [0.2, 0.25) is 11.7 Å². The van der Waals surface area contributed by atoms with Crippen LogP contribution in [0, 0.1) is 13.8 Å². The molecule has 0 unspecified atom stereocenters. The maximum Gasteiger partial charge on any atom is 0.279 e. The molecule has 0 saturated carbocycles. The predicted octanol–water partition coefficient (Wildman–Crippen LogP) is 2.61. The van der Waals surface area contributed by atoms with Crippen molar-refractivity contribution < 1.29 is 9.32 Å². The normalized spacial score (nSPS) is 13.7. The van der Waals surface area contributed by atoms with Crippen LogP contribution in [0.15, 0.2) is 10.7 Å². The van der Waals surface area contributed by atoms with E-state index in [2.05, 4.69) is 32.2 Å². The topological polar surface area (TPSA) is 101 Å². The molecule has 0 fully saturated rings. The van der Waals surface area contributed by atoms with Gasteiger partial charge < -0.3 is 9.42 Å². The summed E-state index contributed by atoms with van der Waals surface area (Å²) < 4.78 is 5.51. The van der Waals surface area contributed by atoms with Crippen LogP contribution in [0.25, 0.3) is 23.0 Å². The fourth-order valence-corrected chi connectivity index (χ4v) is 3.62. The van der Waals surface area contributed by atoms with Crippen molar-refractivity contribution >= 4 is 5.91 Å². The highest BCUT2D eigenvalue weighted by Gasteiger charge is 2.26. The summed E-state index contributed by atoms with van der Waals surface area (Å²) in [6, 6.07) is 0. The summed E-state index contributed by atoms with van der Waals surface area (Å²) in [5.74, 6) is 0.991. The molecule has 0 aromatic carbocycles. The summed E-state index contributed by atoms with van der Waals surface area (Å²) in [5.41, 5.74) is 6.69. The third kappa shape index (κ3) is 2.90. The number of nitrogens with one attached hydrogen (secondary N) is 1. The third-order valence-corrected chi connectivity index (χ3v) is 5.22. The Hall–Kier alpha value is -3.03. The van der Waals surface area contributed by atoms with Crippen molar-refractivity contribution in [2.45, 2.75) is 47.1 Å². The Morgan fingerprint density at radius 3 is 2.89 bits per heavy atom. The Bertz CT molecular complexity index is 1020. The van der Waals surface area contributed by atoms with E-state index < -0.39 is 0 Å². The van der Waals surface area contributed by atoms with Crippen LogP contribution < -0.4 is 0 Å². The highest BCUT2D eigenvalue weighted by atomic mass is 16.5. The van der Waals surface area contributed by atoms with E-state index in [9.17, 15) is 4.79 Å². The second-order valence-electron chi connectivity index (χ2n) is 6.87. The minimum atomic E-state index is 0.0744. The molecule has 0 aliphatic carbocycles. The lowest BCUT2D eigenvalue weighted by Gasteiger charge is -2.29. The number of hydrogen-bond acceptors (Lipinski definition) is 6. The molecule has 0 saturated heterocycles. The first kappa shape index (κ1) is 17.4. The quantitative estimate of drug-likeness (QED) is 0.765. The Morgan fingerprint density at radius 1 is 1.37 bits per heavy atom. The molecule has 8 heteroatoms. The first-order valence-corrected chi connectivity index (χ1v) is 9.10. The second-order valence-corrected chi connectivity index (χ2v) is 6.87. The Labute approximate surface area is 157 Å². The van der Waals surface area contributed by atoms with Crippen molar-refractivity contribution in [1.29, 1.82) is 0 Å². The van der Waals surface area contributed by atoms with Gasteiger partial charge in [-0.2, -0.15) is 10.1 Å². The molecule has 4 rings (SSSR count). The van der Waals surface area contributed by atoms with E-state index in [1.807, 2.05) is 24.9 Å². The lowest BCUT2D eigenvalue weighted by Crippen LogP contribution is -2.34. The van der Waals surface area contributed by atoms with E-state index in [4.69, 9.17) is 4.52 Å². The van der Waals surface area contributed by atoms with Crippen LogP contribution in [-0.4, -0.2) is 42.7 Å². The number of H-pyrrole nitrogens is 1. The SMILES string of the molecule is CCc1[nH]nc(-c2nc(-c3c(C)ncc4c3CCN(C(C)=O)C4)no2)c1C. The van der Waals surface area contributed by atoms with Gasteiger partial charge in [0.1, 0.15) is 0 Å². The molecule has 8 nitrogen and oxygen atoms in total. The maximum absolute atomic E-state index is 11.7. The lowest BCUT2D eigenvalue weighted by atomic mass is 9.94. The number of rotatable bonds is 3. The van der Waals surface area contributed by atoms with E-state index >= 15 is 0 Å². The molecule has 3 aromatic heterocycles. The van der Waals surface area contributed by atoms with Crippen LogP contribution in [0.2, 0.25) is 0 Å². The van der Waals surface area contributed by atoms with Crippen molar-refractivity contribution in [2.24, 2.45) is 0 Å². The van der Waals surface area contributed by atoms with Crippen LogP contribution in [-0.2, 0) is 24.2 Å². The minimum absolute atomic E-state index is 0.0744. The van der Waals surface area contributed by atoms with Gasteiger partial charge in [0.05, 0.1) is 0 Å². The third-order valence-electron chi connectivity index (χ3n) is 5.22. The minimum Gasteiger partial charge on any atom is -0.338 e. The molecule has 1 aliphatic heterocycles. The van der Waals surface area contributed by atoms with Crippen LogP contribution in [0.1, 0.15) is 41.9 Å². The van der Waals surface area contributed by atoms with E-state index in [0.717, 1.165) is 46.5 Å². The van der Waals surface area contributed by atoms with Gasteiger partial charge in [0.25, 0.3) is 5.89 Å². The molecule has 140 valence electrons. The summed E-state index contributed by atoms with van der Waals surface area (Å²) in [6.45, 7) is 8.85. The van der Waals surface area contributed by atoms with Crippen LogP contribution >= 0.6 is 0 Å². The Morgan fingerprint density at radius 2 is 2.19 bits per heavy atom. The summed E-state index contributed by atoms with van der Waals surface area (Å²) in [7, 11) is 0. The highest BCUT2D eigenvalue weighted by molar-refractivity contribution is 5.74. The lowest BCUT2D eigenvalue weighted by molar-refractivity contribution is -0.129. The number of nitrogens with zero attached hydrogens (tertiary/aromatic N) is 5. The van der Waals surface area contributed by atoms with Crippen LogP contribution in [0.3, 0.4) is 0 Å². The van der Waals surface area contributed by atoms with Crippen molar-refractivity contribution in [3.8, 4) is 23.0 Å². The number of hydrogen-bond donors (Lipinski definition) is 1. The molecule has 0 atom stereocenters. The molecule has 0 bridgehead atoms. The highest BCUT2D eigenvalue weighted by Crippen LogP contribution is 2.32.